The lowest BCUT2D eigenvalue weighted by atomic mass is 10.0. The molecular weight excluding hydrogens is 408 g/mol. The molecule has 5 rings (SSSR count). The number of fused-ring (bicyclic) bond motifs is 2. The molecule has 1 saturated heterocycles. The molecule has 29 heavy (non-hydrogen) atoms. The van der Waals surface area contributed by atoms with E-state index in [2.05, 4.69) is 8.75 Å². The highest BCUT2D eigenvalue weighted by molar-refractivity contribution is 7.89. The van der Waals surface area contributed by atoms with Crippen LogP contribution in [0.1, 0.15) is 24.8 Å². The second-order valence-electron chi connectivity index (χ2n) is 7.38. The number of carbonyl (C=O) groups is 1. The maximum Gasteiger partial charge on any atom is 0.246 e. The lowest BCUT2D eigenvalue weighted by molar-refractivity contribution is -0.121. The van der Waals surface area contributed by atoms with Crippen molar-refractivity contribution in [1.29, 1.82) is 0 Å². The number of hydrogen-bond acceptors (Lipinski definition) is 6. The number of hydrogen-bond donors (Lipinski definition) is 0. The second kappa shape index (κ2) is 7.16. The van der Waals surface area contributed by atoms with Gasteiger partial charge >= 0.3 is 0 Å². The van der Waals surface area contributed by atoms with E-state index in [1.807, 2.05) is 24.3 Å². The van der Waals surface area contributed by atoms with Crippen molar-refractivity contribution in [3.63, 3.8) is 0 Å². The summed E-state index contributed by atoms with van der Waals surface area (Å²) in [6.45, 7) is 0.952. The van der Waals surface area contributed by atoms with Gasteiger partial charge in [0.1, 0.15) is 22.0 Å². The summed E-state index contributed by atoms with van der Waals surface area (Å²) in [5.41, 5.74) is 2.97. The van der Waals surface area contributed by atoms with Crippen molar-refractivity contribution >= 4 is 44.4 Å². The topological polar surface area (TPSA) is 83.5 Å². The van der Waals surface area contributed by atoms with E-state index in [1.165, 1.54) is 4.31 Å². The predicted molar refractivity (Wildman–Crippen MR) is 111 cm³/mol. The summed E-state index contributed by atoms with van der Waals surface area (Å²) in [6.07, 6.45) is 3.01. The Labute approximate surface area is 173 Å². The molecule has 2 aliphatic rings. The molecule has 3 heterocycles. The van der Waals surface area contributed by atoms with Crippen LogP contribution in [0.3, 0.4) is 0 Å². The normalized spacial score (nSPS) is 20.1. The molecule has 2 aliphatic heterocycles. The van der Waals surface area contributed by atoms with E-state index in [0.717, 1.165) is 35.8 Å². The van der Waals surface area contributed by atoms with E-state index in [-0.39, 0.29) is 10.8 Å². The van der Waals surface area contributed by atoms with Gasteiger partial charge < -0.3 is 4.90 Å². The minimum atomic E-state index is -3.86. The van der Waals surface area contributed by atoms with Crippen LogP contribution in [-0.2, 0) is 21.2 Å². The van der Waals surface area contributed by atoms with Crippen molar-refractivity contribution in [3.8, 4) is 0 Å². The number of nitrogens with zero attached hydrogens (tertiary/aromatic N) is 4. The van der Waals surface area contributed by atoms with Gasteiger partial charge in [-0.2, -0.15) is 13.1 Å². The van der Waals surface area contributed by atoms with Crippen LogP contribution in [0.15, 0.2) is 47.4 Å². The average molecular weight is 429 g/mol. The van der Waals surface area contributed by atoms with Crippen LogP contribution in [-0.4, -0.2) is 46.5 Å². The van der Waals surface area contributed by atoms with Crippen molar-refractivity contribution in [1.82, 2.24) is 13.1 Å². The van der Waals surface area contributed by atoms with Crippen LogP contribution < -0.4 is 4.90 Å². The molecule has 0 spiro atoms. The highest BCUT2D eigenvalue weighted by Gasteiger charge is 2.42. The molecule has 7 nitrogen and oxygen atoms in total. The van der Waals surface area contributed by atoms with Gasteiger partial charge in [-0.05, 0) is 49.4 Å². The van der Waals surface area contributed by atoms with Gasteiger partial charge in [0.25, 0.3) is 0 Å². The summed E-state index contributed by atoms with van der Waals surface area (Å²) in [4.78, 5) is 15.4. The standard InChI is InChI=1S/C20H20N4O3S2/c25-20(23-12-4-7-14-6-1-2-9-16(14)23)17-10-5-13-24(17)29(26,27)18-11-3-8-15-19(18)22-28-21-15/h1-3,6,8-9,11,17H,4-5,7,10,12-13H2. The number of benzene rings is 2. The molecule has 1 aromatic heterocycles. The third-order valence-electron chi connectivity index (χ3n) is 5.70. The molecule has 0 bridgehead atoms. The summed E-state index contributed by atoms with van der Waals surface area (Å²) >= 11 is 0.990. The fraction of sp³-hybridized carbons (Fsp3) is 0.350. The first kappa shape index (κ1) is 18.7. The predicted octanol–water partition coefficient (Wildman–Crippen LogP) is 2.82. The maximum absolute atomic E-state index is 13.5. The fourth-order valence-corrected chi connectivity index (χ4v) is 6.74. The number of amides is 1. The molecule has 3 aromatic rings. The van der Waals surface area contributed by atoms with E-state index in [9.17, 15) is 13.2 Å². The number of rotatable bonds is 3. The minimum absolute atomic E-state index is 0.127. The van der Waals surface area contributed by atoms with Gasteiger partial charge in [-0.15, -0.1) is 0 Å². The van der Waals surface area contributed by atoms with Gasteiger partial charge in [0.15, 0.2) is 0 Å². The minimum Gasteiger partial charge on any atom is -0.311 e. The van der Waals surface area contributed by atoms with E-state index in [4.69, 9.17) is 0 Å². The van der Waals surface area contributed by atoms with E-state index >= 15 is 0 Å². The van der Waals surface area contributed by atoms with Gasteiger partial charge in [0.2, 0.25) is 15.9 Å². The zero-order valence-electron chi connectivity index (χ0n) is 15.7. The van der Waals surface area contributed by atoms with Crippen molar-refractivity contribution in [3.05, 3.63) is 48.0 Å². The molecule has 0 radical (unpaired) electrons. The summed E-state index contributed by atoms with van der Waals surface area (Å²) < 4.78 is 36.6. The summed E-state index contributed by atoms with van der Waals surface area (Å²) in [6, 6.07) is 12.2. The lowest BCUT2D eigenvalue weighted by Crippen LogP contribution is -2.49. The Bertz CT molecular complexity index is 1190. The summed E-state index contributed by atoms with van der Waals surface area (Å²) in [5, 5.41) is 0. The number of anilines is 1. The lowest BCUT2D eigenvalue weighted by Gasteiger charge is -2.33. The zero-order chi connectivity index (χ0) is 20.0. The van der Waals surface area contributed by atoms with Gasteiger partial charge in [0, 0.05) is 18.8 Å². The number of aromatic nitrogens is 2. The highest BCUT2D eigenvalue weighted by Crippen LogP contribution is 2.33. The monoisotopic (exact) mass is 428 g/mol. The second-order valence-corrected chi connectivity index (χ2v) is 9.77. The Kier molecular flexibility index (Phi) is 4.60. The Morgan fingerprint density at radius 2 is 1.90 bits per heavy atom. The largest absolute Gasteiger partial charge is 0.311 e. The molecule has 1 unspecified atom stereocenters. The Hall–Kier alpha value is -2.36. The van der Waals surface area contributed by atoms with Crippen LogP contribution in [0.4, 0.5) is 5.69 Å². The molecule has 1 fully saturated rings. The summed E-state index contributed by atoms with van der Waals surface area (Å²) in [7, 11) is -3.86. The highest BCUT2D eigenvalue weighted by atomic mass is 32.2. The van der Waals surface area contributed by atoms with Crippen LogP contribution in [0, 0.1) is 0 Å². The zero-order valence-corrected chi connectivity index (χ0v) is 17.3. The number of carbonyl (C=O) groups excluding carboxylic acids is 1. The van der Waals surface area contributed by atoms with E-state index in [1.54, 1.807) is 23.1 Å². The number of sulfonamides is 1. The first-order valence-corrected chi connectivity index (χ1v) is 11.9. The van der Waals surface area contributed by atoms with Gasteiger partial charge in [-0.25, -0.2) is 8.42 Å². The molecule has 150 valence electrons. The van der Waals surface area contributed by atoms with Crippen molar-refractivity contribution in [2.75, 3.05) is 18.0 Å². The molecule has 9 heteroatoms. The first-order valence-electron chi connectivity index (χ1n) is 9.70. The molecule has 1 atom stereocenters. The van der Waals surface area contributed by atoms with Gasteiger partial charge in [0.05, 0.1) is 11.7 Å². The first-order chi connectivity index (χ1) is 14.1. The van der Waals surface area contributed by atoms with E-state index < -0.39 is 16.1 Å². The quantitative estimate of drug-likeness (QED) is 0.641. The number of aryl methyl sites for hydroxylation is 1. The van der Waals surface area contributed by atoms with Crippen LogP contribution in [0.5, 0.6) is 0 Å². The SMILES string of the molecule is O=C(C1CCCN1S(=O)(=O)c1cccc2nsnc12)N1CCCc2ccccc21. The Morgan fingerprint density at radius 3 is 2.79 bits per heavy atom. The molecule has 1 amide bonds. The van der Waals surface area contributed by atoms with Crippen molar-refractivity contribution in [2.24, 2.45) is 0 Å². The number of para-hydroxylation sites is 1. The van der Waals surface area contributed by atoms with Crippen LogP contribution in [0.25, 0.3) is 11.0 Å². The molecule has 2 aromatic carbocycles. The molecule has 0 aliphatic carbocycles. The smallest absolute Gasteiger partial charge is 0.246 e. The van der Waals surface area contributed by atoms with Gasteiger partial charge in [-0.1, -0.05) is 24.3 Å². The maximum atomic E-state index is 13.5. The van der Waals surface area contributed by atoms with Crippen LogP contribution in [0.2, 0.25) is 0 Å². The third-order valence-corrected chi connectivity index (χ3v) is 8.18. The Morgan fingerprint density at radius 1 is 1.03 bits per heavy atom. The average Bonchev–Trinajstić information content (AvgIpc) is 3.42. The van der Waals surface area contributed by atoms with E-state index in [0.29, 0.717) is 37.0 Å². The van der Waals surface area contributed by atoms with Crippen molar-refractivity contribution in [2.45, 2.75) is 36.6 Å². The Balaban J connectivity index is 1.51. The van der Waals surface area contributed by atoms with Crippen LogP contribution >= 0.6 is 11.7 Å². The third kappa shape index (κ3) is 3.04. The van der Waals surface area contributed by atoms with Crippen molar-refractivity contribution < 1.29 is 13.2 Å². The molecule has 0 saturated carbocycles. The van der Waals surface area contributed by atoms with Gasteiger partial charge in [-0.3, -0.25) is 4.79 Å². The fourth-order valence-electron chi connectivity index (χ4n) is 4.33. The summed E-state index contributed by atoms with van der Waals surface area (Å²) in [5.74, 6) is -0.137. The molecular formula is C20H20N4O3S2. The molecule has 0 N–H and O–H groups in total.